The summed E-state index contributed by atoms with van der Waals surface area (Å²) in [6.45, 7) is 0. The van der Waals surface area contributed by atoms with Crippen molar-refractivity contribution in [3.05, 3.63) is 57.6 Å². The number of nitrogens with zero attached hydrogens (tertiary/aromatic N) is 1. The van der Waals surface area contributed by atoms with Crippen LogP contribution in [-0.2, 0) is 0 Å². The molecule has 4 nitrogen and oxygen atoms in total. The van der Waals surface area contributed by atoms with E-state index in [1.54, 1.807) is 0 Å². The van der Waals surface area contributed by atoms with Gasteiger partial charge in [-0.3, -0.25) is 4.79 Å². The van der Waals surface area contributed by atoms with Gasteiger partial charge < -0.3 is 9.72 Å². The van der Waals surface area contributed by atoms with Crippen molar-refractivity contribution in [2.75, 3.05) is 7.04 Å². The Morgan fingerprint density at radius 3 is 2.82 bits per heavy atom. The van der Waals surface area contributed by atoms with Crippen molar-refractivity contribution in [1.29, 1.82) is 0 Å². The van der Waals surface area contributed by atoms with Crippen LogP contribution in [0.1, 0.15) is 4.11 Å². The zero-order valence-electron chi connectivity index (χ0n) is 13.8. The number of rotatable bonds is 2. The Morgan fingerprint density at radius 1 is 1.27 bits per heavy atom. The molecule has 0 radical (unpaired) electrons. The molecule has 1 aromatic heterocycles. The number of nitrogens with one attached hydrogen (secondary N) is 1. The summed E-state index contributed by atoms with van der Waals surface area (Å²) < 4.78 is 54.1. The van der Waals surface area contributed by atoms with Crippen molar-refractivity contribution < 1.29 is 17.6 Å². The second-order valence-electron chi connectivity index (χ2n) is 4.39. The van der Waals surface area contributed by atoms with E-state index in [9.17, 15) is 13.6 Å². The van der Waals surface area contributed by atoms with Crippen LogP contribution in [0, 0.1) is 11.6 Å². The molecule has 22 heavy (non-hydrogen) atoms. The van der Waals surface area contributed by atoms with E-state index in [-0.39, 0.29) is 27.8 Å². The molecule has 7 heteroatoms. The second kappa shape index (κ2) is 5.38. The lowest BCUT2D eigenvalue weighted by molar-refractivity contribution is 0.419. The highest BCUT2D eigenvalue weighted by Crippen LogP contribution is 2.35. The Balaban J connectivity index is 2.33. The lowest BCUT2D eigenvalue weighted by Gasteiger charge is -2.10. The van der Waals surface area contributed by atoms with Gasteiger partial charge >= 0.3 is 0 Å². The Morgan fingerprint density at radius 2 is 2.05 bits per heavy atom. The van der Waals surface area contributed by atoms with Gasteiger partial charge in [-0.05, 0) is 24.3 Å². The van der Waals surface area contributed by atoms with E-state index in [2.05, 4.69) is 9.97 Å². The Bertz CT molecular complexity index is 1040. The summed E-state index contributed by atoms with van der Waals surface area (Å²) in [4.78, 5) is 18.4. The first-order valence-corrected chi connectivity index (χ1v) is 6.40. The molecule has 0 aliphatic rings. The topological polar surface area (TPSA) is 55.0 Å². The van der Waals surface area contributed by atoms with E-state index in [1.807, 2.05) is 0 Å². The molecule has 0 aliphatic carbocycles. The maximum absolute atomic E-state index is 14.3. The van der Waals surface area contributed by atoms with Gasteiger partial charge in [0.2, 0.25) is 0 Å². The molecule has 1 N–H and O–H groups in total. The third kappa shape index (κ3) is 2.12. The molecule has 3 aromatic rings. The Kier molecular flexibility index (Phi) is 2.73. The van der Waals surface area contributed by atoms with Gasteiger partial charge in [0.25, 0.3) is 5.56 Å². The SMILES string of the molecule is [2H]C([2H])([2H])Oc1ccc(-c2ccc(F)c(Cl)c2F)c2nc[nH]c(=O)c12. The van der Waals surface area contributed by atoms with Crippen molar-refractivity contribution in [1.82, 2.24) is 9.97 Å². The van der Waals surface area contributed by atoms with Crippen LogP contribution in [0.4, 0.5) is 8.78 Å². The third-order valence-corrected chi connectivity index (χ3v) is 3.54. The highest BCUT2D eigenvalue weighted by molar-refractivity contribution is 6.31. The Hall–Kier alpha value is -2.47. The van der Waals surface area contributed by atoms with E-state index in [0.717, 1.165) is 18.5 Å². The minimum absolute atomic E-state index is 0.00734. The fraction of sp³-hybridized carbons (Fsp3) is 0.0667. The number of ether oxygens (including phenoxy) is 1. The molecule has 0 aliphatic heterocycles. The number of H-pyrrole nitrogens is 1. The van der Waals surface area contributed by atoms with E-state index >= 15 is 0 Å². The number of aromatic amines is 1. The molecular formula is C15H9ClF2N2O2. The highest BCUT2D eigenvalue weighted by Gasteiger charge is 2.18. The molecule has 0 saturated carbocycles. The van der Waals surface area contributed by atoms with Gasteiger partial charge in [-0.25, -0.2) is 13.8 Å². The summed E-state index contributed by atoms with van der Waals surface area (Å²) >= 11 is 5.60. The molecule has 0 amide bonds. The maximum atomic E-state index is 14.3. The van der Waals surface area contributed by atoms with Crippen molar-refractivity contribution in [2.45, 2.75) is 0 Å². The van der Waals surface area contributed by atoms with Crippen LogP contribution in [-0.4, -0.2) is 17.0 Å². The van der Waals surface area contributed by atoms with Crippen LogP contribution in [0.2, 0.25) is 5.02 Å². The predicted molar refractivity (Wildman–Crippen MR) is 79.3 cm³/mol. The molecule has 1 heterocycles. The lowest BCUT2D eigenvalue weighted by atomic mass is 10.0. The van der Waals surface area contributed by atoms with Gasteiger partial charge in [0, 0.05) is 11.1 Å². The second-order valence-corrected chi connectivity index (χ2v) is 4.77. The molecular weight excluding hydrogens is 314 g/mol. The standard InChI is InChI=1S/C15H9ClF2N2O2/c1-22-10-5-3-8(14-11(10)15(21)20-6-19-14)7-2-4-9(17)12(16)13(7)18/h2-6H,1H3,(H,19,20,21)/i1D3. The van der Waals surface area contributed by atoms with Gasteiger partial charge in [0.1, 0.15) is 22.0 Å². The van der Waals surface area contributed by atoms with Gasteiger partial charge in [0.05, 0.1) is 23.0 Å². The minimum Gasteiger partial charge on any atom is -0.496 e. The summed E-state index contributed by atoms with van der Waals surface area (Å²) in [6.07, 6.45) is 1.08. The highest BCUT2D eigenvalue weighted by atomic mass is 35.5. The fourth-order valence-corrected chi connectivity index (χ4v) is 2.35. The van der Waals surface area contributed by atoms with Crippen molar-refractivity contribution in [2.24, 2.45) is 0 Å². The summed E-state index contributed by atoms with van der Waals surface area (Å²) in [6, 6.07) is 4.66. The van der Waals surface area contributed by atoms with Crippen LogP contribution in [0.3, 0.4) is 0 Å². The van der Waals surface area contributed by atoms with Crippen LogP contribution < -0.4 is 10.3 Å². The van der Waals surface area contributed by atoms with Crippen molar-refractivity contribution in [3.63, 3.8) is 0 Å². The molecule has 0 fully saturated rings. The molecule has 0 spiro atoms. The van der Waals surface area contributed by atoms with Gasteiger partial charge in [-0.15, -0.1) is 0 Å². The normalized spacial score (nSPS) is 13.5. The fourth-order valence-electron chi connectivity index (χ4n) is 2.19. The molecule has 0 unspecified atom stereocenters. The van der Waals surface area contributed by atoms with Gasteiger partial charge in [0.15, 0.2) is 5.82 Å². The quantitative estimate of drug-likeness (QED) is 0.733. The molecule has 0 bridgehead atoms. The molecule has 0 saturated heterocycles. The monoisotopic (exact) mass is 325 g/mol. The first-order valence-electron chi connectivity index (χ1n) is 7.52. The van der Waals surface area contributed by atoms with E-state index in [4.69, 9.17) is 20.5 Å². The first-order chi connectivity index (χ1) is 11.7. The summed E-state index contributed by atoms with van der Waals surface area (Å²) in [5, 5.41) is -0.866. The van der Waals surface area contributed by atoms with Crippen LogP contribution in [0.15, 0.2) is 35.4 Å². The van der Waals surface area contributed by atoms with E-state index < -0.39 is 29.3 Å². The smallest absolute Gasteiger partial charge is 0.262 e. The minimum atomic E-state index is -2.79. The van der Waals surface area contributed by atoms with Gasteiger partial charge in [-0.1, -0.05) is 11.6 Å². The van der Waals surface area contributed by atoms with Crippen LogP contribution in [0.25, 0.3) is 22.0 Å². The zero-order valence-corrected chi connectivity index (χ0v) is 11.5. The van der Waals surface area contributed by atoms with Crippen LogP contribution >= 0.6 is 11.6 Å². The van der Waals surface area contributed by atoms with Crippen molar-refractivity contribution >= 4 is 22.5 Å². The van der Waals surface area contributed by atoms with Gasteiger partial charge in [-0.2, -0.15) is 0 Å². The third-order valence-electron chi connectivity index (χ3n) is 3.19. The predicted octanol–water partition coefficient (Wildman–Crippen LogP) is 3.53. The molecule has 0 atom stereocenters. The lowest BCUT2D eigenvalue weighted by Crippen LogP contribution is -2.08. The maximum Gasteiger partial charge on any atom is 0.262 e. The zero-order chi connectivity index (χ0) is 18.4. The first kappa shape index (κ1) is 11.1. The average molecular weight is 326 g/mol. The number of fused-ring (bicyclic) bond motifs is 1. The van der Waals surface area contributed by atoms with Crippen LogP contribution in [0.5, 0.6) is 5.75 Å². The summed E-state index contributed by atoms with van der Waals surface area (Å²) in [5.41, 5.74) is -0.625. The number of methoxy groups -OCH3 is 1. The molecule has 3 rings (SSSR count). The average Bonchev–Trinajstić information content (AvgIpc) is 2.52. The summed E-state index contributed by atoms with van der Waals surface area (Å²) in [7, 11) is -2.79. The number of aromatic nitrogens is 2. The number of halogens is 3. The Labute approximate surface area is 132 Å². The molecule has 2 aromatic carbocycles. The molecule has 112 valence electrons. The largest absolute Gasteiger partial charge is 0.496 e. The van der Waals surface area contributed by atoms with E-state index in [0.29, 0.717) is 0 Å². The number of benzene rings is 2. The number of hydrogen-bond acceptors (Lipinski definition) is 3. The van der Waals surface area contributed by atoms with Crippen molar-refractivity contribution in [3.8, 4) is 16.9 Å². The van der Waals surface area contributed by atoms with E-state index in [1.165, 1.54) is 12.1 Å². The summed E-state index contributed by atoms with van der Waals surface area (Å²) in [5.74, 6) is -2.18. The number of hydrogen-bond donors (Lipinski definition) is 1.